The lowest BCUT2D eigenvalue weighted by Crippen LogP contribution is -2.58. The molecule has 2 aromatic carbocycles. The molecule has 0 fully saturated rings. The van der Waals surface area contributed by atoms with Crippen LogP contribution in [0.15, 0.2) is 60.8 Å². The molecule has 0 unspecified atom stereocenters. The molecule has 0 aliphatic rings. The molecule has 5 amide bonds. The van der Waals surface area contributed by atoms with E-state index in [9.17, 15) is 33.9 Å². The number of nitrogens with one attached hydrogen (secondary N) is 6. The Balaban J connectivity index is 1.67. The molecule has 276 valence electrons. The zero-order valence-corrected chi connectivity index (χ0v) is 30.2. The fraction of sp³-hybridized carbons (Fsp3) is 0.459. The summed E-state index contributed by atoms with van der Waals surface area (Å²) in [7, 11) is 0. The number of alkyl carbamates (subject to hydrolysis) is 1. The van der Waals surface area contributed by atoms with E-state index in [-0.39, 0.29) is 25.2 Å². The monoisotopic (exact) mass is 706 g/mol. The van der Waals surface area contributed by atoms with Crippen molar-refractivity contribution in [2.75, 3.05) is 0 Å². The maximum Gasteiger partial charge on any atom is 0.408 e. The average Bonchev–Trinajstić information content (AvgIpc) is 3.45. The van der Waals surface area contributed by atoms with Crippen LogP contribution < -0.4 is 26.6 Å². The number of carboxylic acid groups (broad SMARTS) is 1. The van der Waals surface area contributed by atoms with Crippen molar-refractivity contribution in [1.82, 2.24) is 31.6 Å². The summed E-state index contributed by atoms with van der Waals surface area (Å²) in [4.78, 5) is 80.9. The fourth-order valence-electron chi connectivity index (χ4n) is 5.28. The van der Waals surface area contributed by atoms with Gasteiger partial charge >= 0.3 is 12.1 Å². The van der Waals surface area contributed by atoms with Crippen LogP contribution in [0.3, 0.4) is 0 Å². The Morgan fingerprint density at radius 1 is 0.686 bits per heavy atom. The van der Waals surface area contributed by atoms with Crippen LogP contribution in [-0.4, -0.2) is 81.6 Å². The van der Waals surface area contributed by atoms with Gasteiger partial charge in [0.15, 0.2) is 0 Å². The highest BCUT2D eigenvalue weighted by atomic mass is 16.6. The molecule has 3 aromatic rings. The summed E-state index contributed by atoms with van der Waals surface area (Å²) in [6.45, 7) is 11.7. The second kappa shape index (κ2) is 18.0. The second-order valence-corrected chi connectivity index (χ2v) is 14.0. The third-order valence-electron chi connectivity index (χ3n) is 7.85. The maximum absolute atomic E-state index is 13.6. The summed E-state index contributed by atoms with van der Waals surface area (Å²) >= 11 is 0. The lowest BCUT2D eigenvalue weighted by molar-refractivity contribution is -0.142. The first-order valence-corrected chi connectivity index (χ1v) is 17.0. The molecule has 51 heavy (non-hydrogen) atoms. The number of fused-ring (bicyclic) bond motifs is 1. The number of ether oxygens (including phenoxy) is 1. The molecule has 7 N–H and O–H groups in total. The third kappa shape index (κ3) is 12.8. The molecule has 1 heterocycles. The van der Waals surface area contributed by atoms with Crippen molar-refractivity contribution in [1.29, 1.82) is 0 Å². The minimum absolute atomic E-state index is 0.0454. The summed E-state index contributed by atoms with van der Waals surface area (Å²) < 4.78 is 5.38. The van der Waals surface area contributed by atoms with Crippen LogP contribution in [0.5, 0.6) is 0 Å². The molecule has 0 radical (unpaired) electrons. The normalized spacial score (nSPS) is 14.4. The molecule has 0 aliphatic carbocycles. The van der Waals surface area contributed by atoms with E-state index in [2.05, 4.69) is 31.6 Å². The Morgan fingerprint density at radius 3 is 1.80 bits per heavy atom. The van der Waals surface area contributed by atoms with Gasteiger partial charge in [-0.15, -0.1) is 0 Å². The summed E-state index contributed by atoms with van der Waals surface area (Å²) in [5.41, 5.74) is 1.52. The summed E-state index contributed by atoms with van der Waals surface area (Å²) in [6.07, 6.45) is 1.30. The molecule has 0 aliphatic heterocycles. The van der Waals surface area contributed by atoms with Crippen molar-refractivity contribution in [3.05, 3.63) is 71.9 Å². The van der Waals surface area contributed by atoms with Gasteiger partial charge in [-0.2, -0.15) is 0 Å². The number of benzene rings is 2. The SMILES string of the molecule is CC(C)C[C@H](NC(=O)[C@H](C)NC(=O)[C@H](Cc1c[nH]c2ccccc12)NC(=O)OC(C)(C)C)C(=O)N[C@@H](C)C(=O)N[C@@H](Cc1ccccc1)C(=O)O. The van der Waals surface area contributed by atoms with Gasteiger partial charge in [-0.1, -0.05) is 62.4 Å². The van der Waals surface area contributed by atoms with Crippen molar-refractivity contribution >= 4 is 46.6 Å². The van der Waals surface area contributed by atoms with E-state index in [1.807, 2.05) is 38.1 Å². The number of amides is 5. The highest BCUT2D eigenvalue weighted by Crippen LogP contribution is 2.20. The smallest absolute Gasteiger partial charge is 0.408 e. The number of H-pyrrole nitrogens is 1. The molecular weight excluding hydrogens is 656 g/mol. The van der Waals surface area contributed by atoms with Gasteiger partial charge in [-0.25, -0.2) is 9.59 Å². The van der Waals surface area contributed by atoms with E-state index < -0.39 is 71.5 Å². The van der Waals surface area contributed by atoms with E-state index in [1.165, 1.54) is 13.8 Å². The van der Waals surface area contributed by atoms with E-state index in [0.29, 0.717) is 5.56 Å². The topological polar surface area (TPSA) is 208 Å². The van der Waals surface area contributed by atoms with Crippen molar-refractivity contribution in [3.63, 3.8) is 0 Å². The number of hydrogen-bond donors (Lipinski definition) is 7. The number of aromatic amines is 1. The largest absolute Gasteiger partial charge is 0.480 e. The zero-order valence-electron chi connectivity index (χ0n) is 30.2. The van der Waals surface area contributed by atoms with Gasteiger partial charge in [-0.3, -0.25) is 19.2 Å². The summed E-state index contributed by atoms with van der Waals surface area (Å²) in [5, 5.41) is 23.5. The van der Waals surface area contributed by atoms with Crippen LogP contribution in [0.4, 0.5) is 4.79 Å². The van der Waals surface area contributed by atoms with E-state index in [4.69, 9.17) is 4.74 Å². The minimum Gasteiger partial charge on any atom is -0.480 e. The number of aromatic nitrogens is 1. The molecule has 1 aromatic heterocycles. The van der Waals surface area contributed by atoms with E-state index in [0.717, 1.165) is 16.5 Å². The molecule has 0 bridgehead atoms. The van der Waals surface area contributed by atoms with Crippen molar-refractivity contribution in [2.45, 2.75) is 104 Å². The highest BCUT2D eigenvalue weighted by Gasteiger charge is 2.31. The molecule has 0 spiro atoms. The van der Waals surface area contributed by atoms with Crippen molar-refractivity contribution < 1.29 is 38.6 Å². The molecule has 5 atom stereocenters. The molecule has 14 heteroatoms. The van der Waals surface area contributed by atoms with Crippen LogP contribution >= 0.6 is 0 Å². The molecule has 0 saturated heterocycles. The number of carbonyl (C=O) groups excluding carboxylic acids is 5. The second-order valence-electron chi connectivity index (χ2n) is 14.0. The Hall–Kier alpha value is -5.40. The first-order valence-electron chi connectivity index (χ1n) is 17.0. The van der Waals surface area contributed by atoms with Gasteiger partial charge in [-0.05, 0) is 64.2 Å². The van der Waals surface area contributed by atoms with Gasteiger partial charge in [0.1, 0.15) is 35.8 Å². The quantitative estimate of drug-likeness (QED) is 0.118. The van der Waals surface area contributed by atoms with Crippen molar-refractivity contribution in [3.8, 4) is 0 Å². The fourth-order valence-corrected chi connectivity index (χ4v) is 5.28. The van der Waals surface area contributed by atoms with Crippen molar-refractivity contribution in [2.24, 2.45) is 5.92 Å². The average molecular weight is 707 g/mol. The number of para-hydroxylation sites is 1. The summed E-state index contributed by atoms with van der Waals surface area (Å²) in [6, 6.07) is 10.7. The first kappa shape index (κ1) is 40.0. The van der Waals surface area contributed by atoms with Gasteiger partial charge in [0, 0.05) is 29.9 Å². The van der Waals surface area contributed by atoms with Crippen LogP contribution in [0.25, 0.3) is 10.9 Å². The van der Waals surface area contributed by atoms with E-state index in [1.54, 1.807) is 57.3 Å². The van der Waals surface area contributed by atoms with Crippen LogP contribution in [-0.2, 0) is 41.6 Å². The molecule has 14 nitrogen and oxygen atoms in total. The van der Waals surface area contributed by atoms with Gasteiger partial charge in [0.05, 0.1) is 0 Å². The lowest BCUT2D eigenvalue weighted by atomic mass is 10.0. The molecule has 3 rings (SSSR count). The van der Waals surface area contributed by atoms with Crippen LogP contribution in [0, 0.1) is 5.92 Å². The zero-order chi connectivity index (χ0) is 37.9. The molecule has 0 saturated carbocycles. The van der Waals surface area contributed by atoms with E-state index >= 15 is 0 Å². The number of carbonyl (C=O) groups is 6. The van der Waals surface area contributed by atoms with Crippen LogP contribution in [0.2, 0.25) is 0 Å². The summed E-state index contributed by atoms with van der Waals surface area (Å²) in [5.74, 6) is -3.95. The Kier molecular flexibility index (Phi) is 14.1. The van der Waals surface area contributed by atoms with Gasteiger partial charge in [0.25, 0.3) is 0 Å². The highest BCUT2D eigenvalue weighted by molar-refractivity contribution is 5.96. The van der Waals surface area contributed by atoms with Gasteiger partial charge in [0.2, 0.25) is 23.6 Å². The number of hydrogen-bond acceptors (Lipinski definition) is 7. The minimum atomic E-state index is -1.23. The Labute approximate surface area is 297 Å². The third-order valence-corrected chi connectivity index (χ3v) is 7.85. The number of aliphatic carboxylic acids is 1. The first-order chi connectivity index (χ1) is 23.9. The predicted octanol–water partition coefficient (Wildman–Crippen LogP) is 2.96. The standard InChI is InChI=1S/C37H50N6O8/c1-21(2)17-28(33(46)39-23(4)32(45)42-30(35(48)49)18-24-13-9-8-10-14-24)41-31(44)22(3)40-34(47)29(43-36(50)51-37(5,6)7)19-25-20-38-27-16-12-11-15-26(25)27/h8-16,20-23,28-30,38H,17-19H2,1-7H3,(H,39,46)(H,40,47)(H,41,44)(H,42,45)(H,43,50)(H,48,49)/t22-,23-,28-,29-,30-/m0/s1. The lowest BCUT2D eigenvalue weighted by Gasteiger charge is -2.26. The number of carboxylic acids is 1. The predicted molar refractivity (Wildman–Crippen MR) is 191 cm³/mol. The molecular formula is C37H50N6O8. The Morgan fingerprint density at radius 2 is 1.24 bits per heavy atom. The van der Waals surface area contributed by atoms with Gasteiger partial charge < -0.3 is 41.4 Å². The van der Waals surface area contributed by atoms with Crippen LogP contribution in [0.1, 0.15) is 66.0 Å². The number of rotatable bonds is 16. The maximum atomic E-state index is 13.6. The Bertz CT molecular complexity index is 1680.